The first-order chi connectivity index (χ1) is 10.2. The quantitative estimate of drug-likeness (QED) is 0.760. The van der Waals surface area contributed by atoms with Crippen LogP contribution in [0.4, 0.5) is 0 Å². The Morgan fingerprint density at radius 3 is 2.76 bits per heavy atom. The van der Waals surface area contributed by atoms with Gasteiger partial charge in [-0.2, -0.15) is 5.10 Å². The van der Waals surface area contributed by atoms with Crippen LogP contribution in [0.2, 0.25) is 0 Å². The molecule has 0 aromatic carbocycles. The third kappa shape index (κ3) is 2.96. The van der Waals surface area contributed by atoms with Crippen molar-refractivity contribution in [2.45, 2.75) is 58.4 Å². The highest BCUT2D eigenvalue weighted by Gasteiger charge is 2.18. The number of rotatable bonds is 6. The van der Waals surface area contributed by atoms with E-state index in [1.807, 2.05) is 18.7 Å². The summed E-state index contributed by atoms with van der Waals surface area (Å²) in [5.41, 5.74) is 3.20. The summed E-state index contributed by atoms with van der Waals surface area (Å²) in [4.78, 5) is 4.77. The SMILES string of the molecule is Cc1nn(C)c2c1nc(CCCl)n2CCCC1CCCC1. The van der Waals surface area contributed by atoms with Crippen molar-refractivity contribution in [2.24, 2.45) is 13.0 Å². The molecule has 0 N–H and O–H groups in total. The molecule has 1 aliphatic carbocycles. The van der Waals surface area contributed by atoms with E-state index in [4.69, 9.17) is 16.6 Å². The first-order valence-corrected chi connectivity index (χ1v) is 8.69. The number of hydrogen-bond donors (Lipinski definition) is 0. The molecule has 2 aromatic rings. The second kappa shape index (κ2) is 6.39. The highest BCUT2D eigenvalue weighted by Crippen LogP contribution is 2.29. The van der Waals surface area contributed by atoms with E-state index in [9.17, 15) is 0 Å². The molecule has 0 unspecified atom stereocenters. The van der Waals surface area contributed by atoms with Crippen LogP contribution in [0.25, 0.3) is 11.2 Å². The number of imidazole rings is 1. The van der Waals surface area contributed by atoms with Crippen LogP contribution in [0.1, 0.15) is 50.0 Å². The lowest BCUT2D eigenvalue weighted by Gasteiger charge is -2.12. The number of nitrogens with zero attached hydrogens (tertiary/aromatic N) is 4. The normalized spacial score (nSPS) is 16.3. The average molecular weight is 309 g/mol. The Balaban J connectivity index is 1.79. The molecule has 0 amide bonds. The predicted molar refractivity (Wildman–Crippen MR) is 86.9 cm³/mol. The minimum Gasteiger partial charge on any atom is -0.313 e. The summed E-state index contributed by atoms with van der Waals surface area (Å²) in [6.45, 7) is 3.07. The molecule has 0 atom stereocenters. The standard InChI is InChI=1S/C16H25ClN4/c1-12-15-16(20(2)19-12)21(14(18-15)9-10-17)11-5-8-13-6-3-4-7-13/h13H,3-11H2,1-2H3. The number of aryl methyl sites for hydroxylation is 4. The molecule has 21 heavy (non-hydrogen) atoms. The number of alkyl halides is 1. The Kier molecular flexibility index (Phi) is 4.53. The van der Waals surface area contributed by atoms with Crippen molar-refractivity contribution in [1.82, 2.24) is 19.3 Å². The number of aromatic nitrogens is 4. The molecule has 0 radical (unpaired) electrons. The van der Waals surface area contributed by atoms with E-state index < -0.39 is 0 Å². The first kappa shape index (κ1) is 14.9. The molecule has 0 aliphatic heterocycles. The van der Waals surface area contributed by atoms with E-state index in [1.54, 1.807) is 0 Å². The zero-order valence-electron chi connectivity index (χ0n) is 13.1. The van der Waals surface area contributed by atoms with Crippen LogP contribution < -0.4 is 0 Å². The summed E-state index contributed by atoms with van der Waals surface area (Å²) >= 11 is 5.94. The summed E-state index contributed by atoms with van der Waals surface area (Å²) < 4.78 is 4.30. The lowest BCUT2D eigenvalue weighted by Crippen LogP contribution is -2.09. The summed E-state index contributed by atoms with van der Waals surface area (Å²) in [6, 6.07) is 0. The monoisotopic (exact) mass is 308 g/mol. The molecule has 116 valence electrons. The molecule has 1 aliphatic rings. The van der Waals surface area contributed by atoms with Crippen molar-refractivity contribution in [3.63, 3.8) is 0 Å². The molecule has 3 rings (SSSR count). The van der Waals surface area contributed by atoms with Crippen molar-refractivity contribution >= 4 is 22.8 Å². The molecule has 4 nitrogen and oxygen atoms in total. The van der Waals surface area contributed by atoms with Gasteiger partial charge in [0, 0.05) is 25.9 Å². The Bertz CT molecular complexity index is 607. The van der Waals surface area contributed by atoms with Gasteiger partial charge in [0.1, 0.15) is 11.3 Å². The van der Waals surface area contributed by atoms with Gasteiger partial charge in [-0.25, -0.2) is 4.98 Å². The van der Waals surface area contributed by atoms with Crippen LogP contribution >= 0.6 is 11.6 Å². The Hall–Kier alpha value is -1.03. The number of hydrogen-bond acceptors (Lipinski definition) is 2. The summed E-state index contributed by atoms with van der Waals surface area (Å²) in [5.74, 6) is 2.69. The maximum atomic E-state index is 5.94. The average Bonchev–Trinajstić information content (AvgIpc) is 3.13. The fraction of sp³-hybridized carbons (Fsp3) is 0.750. The smallest absolute Gasteiger partial charge is 0.158 e. The minimum atomic E-state index is 0.623. The van der Waals surface area contributed by atoms with Gasteiger partial charge >= 0.3 is 0 Å². The van der Waals surface area contributed by atoms with Gasteiger partial charge in [-0.15, -0.1) is 11.6 Å². The molecular formula is C16H25ClN4. The van der Waals surface area contributed by atoms with Gasteiger partial charge < -0.3 is 4.57 Å². The van der Waals surface area contributed by atoms with E-state index in [2.05, 4.69) is 9.67 Å². The maximum absolute atomic E-state index is 5.94. The van der Waals surface area contributed by atoms with E-state index in [1.165, 1.54) is 38.5 Å². The van der Waals surface area contributed by atoms with Crippen LogP contribution in [-0.4, -0.2) is 25.2 Å². The molecule has 2 aromatic heterocycles. The van der Waals surface area contributed by atoms with Gasteiger partial charge in [-0.3, -0.25) is 4.68 Å². The molecule has 0 saturated heterocycles. The van der Waals surface area contributed by atoms with Crippen molar-refractivity contribution < 1.29 is 0 Å². The largest absolute Gasteiger partial charge is 0.313 e. The van der Waals surface area contributed by atoms with Crippen LogP contribution in [0.5, 0.6) is 0 Å². The second-order valence-electron chi connectivity index (χ2n) is 6.29. The lowest BCUT2D eigenvalue weighted by molar-refractivity contribution is 0.456. The van der Waals surface area contributed by atoms with E-state index in [0.29, 0.717) is 5.88 Å². The number of halogens is 1. The zero-order valence-corrected chi connectivity index (χ0v) is 13.9. The van der Waals surface area contributed by atoms with E-state index >= 15 is 0 Å². The second-order valence-corrected chi connectivity index (χ2v) is 6.67. The van der Waals surface area contributed by atoms with Crippen LogP contribution in [-0.2, 0) is 20.0 Å². The van der Waals surface area contributed by atoms with Crippen molar-refractivity contribution in [3.05, 3.63) is 11.5 Å². The summed E-state index contributed by atoms with van der Waals surface area (Å²) in [6.07, 6.45) is 9.12. The van der Waals surface area contributed by atoms with Crippen LogP contribution in [0.15, 0.2) is 0 Å². The number of fused-ring (bicyclic) bond motifs is 1. The first-order valence-electron chi connectivity index (χ1n) is 8.15. The lowest BCUT2D eigenvalue weighted by atomic mass is 10.0. The highest BCUT2D eigenvalue weighted by atomic mass is 35.5. The Morgan fingerprint density at radius 2 is 2.05 bits per heavy atom. The van der Waals surface area contributed by atoms with Gasteiger partial charge in [0.15, 0.2) is 5.65 Å². The molecule has 0 spiro atoms. The maximum Gasteiger partial charge on any atom is 0.158 e. The van der Waals surface area contributed by atoms with E-state index in [0.717, 1.165) is 41.6 Å². The fourth-order valence-corrected chi connectivity index (χ4v) is 3.90. The van der Waals surface area contributed by atoms with Crippen LogP contribution in [0.3, 0.4) is 0 Å². The topological polar surface area (TPSA) is 35.6 Å². The van der Waals surface area contributed by atoms with Gasteiger partial charge in [0.05, 0.1) is 5.69 Å². The molecular weight excluding hydrogens is 284 g/mol. The third-order valence-corrected chi connectivity index (χ3v) is 4.95. The minimum absolute atomic E-state index is 0.623. The van der Waals surface area contributed by atoms with Gasteiger partial charge in [0.2, 0.25) is 0 Å². The Morgan fingerprint density at radius 1 is 1.29 bits per heavy atom. The van der Waals surface area contributed by atoms with E-state index in [-0.39, 0.29) is 0 Å². The third-order valence-electron chi connectivity index (χ3n) is 4.76. The van der Waals surface area contributed by atoms with Crippen LogP contribution in [0, 0.1) is 12.8 Å². The highest BCUT2D eigenvalue weighted by molar-refractivity contribution is 6.17. The van der Waals surface area contributed by atoms with Crippen molar-refractivity contribution in [1.29, 1.82) is 0 Å². The molecule has 1 saturated carbocycles. The van der Waals surface area contributed by atoms with Crippen molar-refractivity contribution in [2.75, 3.05) is 5.88 Å². The van der Waals surface area contributed by atoms with Gasteiger partial charge in [-0.1, -0.05) is 25.7 Å². The summed E-state index contributed by atoms with van der Waals surface area (Å²) in [5, 5.41) is 4.50. The Labute approximate surface area is 131 Å². The van der Waals surface area contributed by atoms with Gasteiger partial charge in [-0.05, 0) is 25.7 Å². The molecule has 2 heterocycles. The summed E-state index contributed by atoms with van der Waals surface area (Å²) in [7, 11) is 2.01. The molecule has 1 fully saturated rings. The molecule has 5 heteroatoms. The predicted octanol–water partition coefficient (Wildman–Crippen LogP) is 3.83. The fourth-order valence-electron chi connectivity index (χ4n) is 3.73. The zero-order chi connectivity index (χ0) is 14.8. The van der Waals surface area contributed by atoms with Crippen molar-refractivity contribution in [3.8, 4) is 0 Å². The van der Waals surface area contributed by atoms with Gasteiger partial charge in [0.25, 0.3) is 0 Å². The molecule has 0 bridgehead atoms.